The molecule has 0 unspecified atom stereocenters. The summed E-state index contributed by atoms with van der Waals surface area (Å²) in [7, 11) is 1.45. The average Bonchev–Trinajstić information content (AvgIpc) is 3.11. The lowest BCUT2D eigenvalue weighted by Gasteiger charge is -2.12. The van der Waals surface area contributed by atoms with Crippen LogP contribution in [-0.2, 0) is 16.1 Å². The molecule has 4 rings (SSSR count). The first-order valence-corrected chi connectivity index (χ1v) is 11.1. The molecule has 0 radical (unpaired) electrons. The van der Waals surface area contributed by atoms with Crippen molar-refractivity contribution in [3.05, 3.63) is 94.9 Å². The summed E-state index contributed by atoms with van der Waals surface area (Å²) < 4.78 is 23.9. The minimum atomic E-state index is -0.494. The molecule has 184 valence electrons. The van der Waals surface area contributed by atoms with Crippen molar-refractivity contribution in [2.45, 2.75) is 13.5 Å². The van der Waals surface area contributed by atoms with Crippen molar-refractivity contribution in [3.63, 3.8) is 0 Å². The zero-order valence-corrected chi connectivity index (χ0v) is 19.7. The molecule has 1 aliphatic heterocycles. The van der Waals surface area contributed by atoms with E-state index in [1.54, 1.807) is 24.3 Å². The molecule has 1 saturated heterocycles. The Morgan fingerprint density at radius 3 is 2.56 bits per heavy atom. The maximum atomic E-state index is 13.0. The quantitative estimate of drug-likeness (QED) is 0.364. The van der Waals surface area contributed by atoms with Crippen molar-refractivity contribution >= 4 is 29.6 Å². The van der Waals surface area contributed by atoms with E-state index in [9.17, 15) is 18.8 Å². The number of methoxy groups -OCH3 is 1. The number of anilines is 1. The Balaban J connectivity index is 1.41. The molecule has 0 saturated carbocycles. The minimum Gasteiger partial charge on any atom is -0.493 e. The lowest BCUT2D eigenvalue weighted by Crippen LogP contribution is -2.30. The number of urea groups is 1. The van der Waals surface area contributed by atoms with Crippen molar-refractivity contribution in [3.8, 4) is 11.5 Å². The van der Waals surface area contributed by atoms with E-state index in [-0.39, 0.29) is 18.8 Å². The molecule has 1 heterocycles. The summed E-state index contributed by atoms with van der Waals surface area (Å²) in [4.78, 5) is 38.5. The number of benzene rings is 3. The number of rotatable bonds is 8. The Bertz CT molecular complexity index is 1340. The van der Waals surface area contributed by atoms with E-state index in [1.807, 2.05) is 31.2 Å². The van der Waals surface area contributed by atoms with E-state index in [0.717, 1.165) is 16.0 Å². The van der Waals surface area contributed by atoms with E-state index in [0.29, 0.717) is 22.7 Å². The molecule has 1 aliphatic rings. The van der Waals surface area contributed by atoms with Crippen LogP contribution in [0.15, 0.2) is 72.4 Å². The third-order valence-corrected chi connectivity index (χ3v) is 5.37. The van der Waals surface area contributed by atoms with Gasteiger partial charge in [-0.3, -0.25) is 14.5 Å². The fourth-order valence-corrected chi connectivity index (χ4v) is 3.64. The smallest absolute Gasteiger partial charge is 0.329 e. The monoisotopic (exact) mass is 489 g/mol. The Labute approximate surface area is 207 Å². The van der Waals surface area contributed by atoms with Crippen LogP contribution >= 0.6 is 0 Å². The van der Waals surface area contributed by atoms with Crippen LogP contribution < -0.4 is 20.1 Å². The SMILES string of the molecule is COc1cc(/C=C2/NC(=O)N(Cc3cccc(C)c3)C2=O)ccc1OCC(=O)Nc1ccc(F)cc1. The van der Waals surface area contributed by atoms with Gasteiger partial charge in [0.15, 0.2) is 18.1 Å². The molecule has 36 heavy (non-hydrogen) atoms. The Hall–Kier alpha value is -4.66. The fraction of sp³-hybridized carbons (Fsp3) is 0.148. The highest BCUT2D eigenvalue weighted by atomic mass is 19.1. The summed E-state index contributed by atoms with van der Waals surface area (Å²) in [6.07, 6.45) is 1.55. The van der Waals surface area contributed by atoms with Crippen molar-refractivity contribution < 1.29 is 28.2 Å². The summed E-state index contributed by atoms with van der Waals surface area (Å²) in [5, 5.41) is 5.21. The van der Waals surface area contributed by atoms with Crippen LogP contribution in [0.4, 0.5) is 14.9 Å². The van der Waals surface area contributed by atoms with Crippen LogP contribution in [0.25, 0.3) is 6.08 Å². The summed E-state index contributed by atoms with van der Waals surface area (Å²) in [5.74, 6) is -0.605. The molecule has 9 heteroatoms. The predicted octanol–water partition coefficient (Wildman–Crippen LogP) is 4.25. The molecule has 2 N–H and O–H groups in total. The van der Waals surface area contributed by atoms with Crippen molar-refractivity contribution in [1.29, 1.82) is 0 Å². The van der Waals surface area contributed by atoms with Gasteiger partial charge in [-0.25, -0.2) is 9.18 Å². The van der Waals surface area contributed by atoms with Crippen molar-refractivity contribution in [1.82, 2.24) is 10.2 Å². The van der Waals surface area contributed by atoms with Gasteiger partial charge < -0.3 is 20.1 Å². The largest absolute Gasteiger partial charge is 0.493 e. The molecule has 3 aromatic carbocycles. The lowest BCUT2D eigenvalue weighted by atomic mass is 10.1. The highest BCUT2D eigenvalue weighted by molar-refractivity contribution is 6.13. The molecular weight excluding hydrogens is 465 g/mol. The third kappa shape index (κ3) is 5.87. The maximum Gasteiger partial charge on any atom is 0.329 e. The number of hydrogen-bond acceptors (Lipinski definition) is 5. The highest BCUT2D eigenvalue weighted by Gasteiger charge is 2.33. The van der Waals surface area contributed by atoms with Gasteiger partial charge in [-0.15, -0.1) is 0 Å². The maximum absolute atomic E-state index is 13.0. The third-order valence-electron chi connectivity index (χ3n) is 5.37. The van der Waals surface area contributed by atoms with Gasteiger partial charge in [-0.1, -0.05) is 35.9 Å². The van der Waals surface area contributed by atoms with Crippen LogP contribution in [0.1, 0.15) is 16.7 Å². The van der Waals surface area contributed by atoms with Gasteiger partial charge in [-0.05, 0) is 60.5 Å². The number of ether oxygens (including phenoxy) is 2. The number of amides is 4. The summed E-state index contributed by atoms with van der Waals surface area (Å²) >= 11 is 0. The van der Waals surface area contributed by atoms with Gasteiger partial charge in [-0.2, -0.15) is 0 Å². The normalized spacial score (nSPS) is 14.1. The number of carbonyl (C=O) groups excluding carboxylic acids is 3. The molecule has 8 nitrogen and oxygen atoms in total. The highest BCUT2D eigenvalue weighted by Crippen LogP contribution is 2.29. The van der Waals surface area contributed by atoms with Crippen molar-refractivity contribution in [2.75, 3.05) is 19.0 Å². The van der Waals surface area contributed by atoms with Gasteiger partial charge >= 0.3 is 6.03 Å². The van der Waals surface area contributed by atoms with Gasteiger partial charge in [0, 0.05) is 5.69 Å². The lowest BCUT2D eigenvalue weighted by molar-refractivity contribution is -0.123. The van der Waals surface area contributed by atoms with E-state index in [1.165, 1.54) is 31.4 Å². The molecule has 0 bridgehead atoms. The molecule has 4 amide bonds. The van der Waals surface area contributed by atoms with E-state index >= 15 is 0 Å². The Morgan fingerprint density at radius 1 is 1.06 bits per heavy atom. The summed E-state index contributed by atoms with van der Waals surface area (Å²) in [6, 6.07) is 17.4. The second-order valence-corrected chi connectivity index (χ2v) is 8.12. The topological polar surface area (TPSA) is 97.0 Å². The Kier molecular flexibility index (Phi) is 7.29. The Morgan fingerprint density at radius 2 is 1.83 bits per heavy atom. The minimum absolute atomic E-state index is 0.141. The van der Waals surface area contributed by atoms with Crippen LogP contribution in [0.3, 0.4) is 0 Å². The van der Waals surface area contributed by atoms with E-state index < -0.39 is 23.7 Å². The zero-order chi connectivity index (χ0) is 25.7. The van der Waals surface area contributed by atoms with Crippen LogP contribution in [0.2, 0.25) is 0 Å². The molecule has 0 spiro atoms. The van der Waals surface area contributed by atoms with Gasteiger partial charge in [0.1, 0.15) is 11.5 Å². The van der Waals surface area contributed by atoms with E-state index in [4.69, 9.17) is 9.47 Å². The second kappa shape index (κ2) is 10.7. The zero-order valence-electron chi connectivity index (χ0n) is 19.7. The fourth-order valence-electron chi connectivity index (χ4n) is 3.64. The molecule has 0 atom stereocenters. The number of halogens is 1. The van der Waals surface area contributed by atoms with Crippen molar-refractivity contribution in [2.24, 2.45) is 0 Å². The number of nitrogens with zero attached hydrogens (tertiary/aromatic N) is 1. The van der Waals surface area contributed by atoms with Gasteiger partial charge in [0.25, 0.3) is 11.8 Å². The van der Waals surface area contributed by atoms with Gasteiger partial charge in [0.2, 0.25) is 0 Å². The summed E-state index contributed by atoms with van der Waals surface area (Å²) in [5.41, 5.74) is 3.07. The number of nitrogens with one attached hydrogen (secondary N) is 2. The standard InChI is InChI=1S/C27H24FN3O5/c1-17-4-3-5-19(12-17)15-31-26(33)22(30-27(31)34)13-18-6-11-23(24(14-18)35-2)36-16-25(32)29-21-9-7-20(28)8-10-21/h3-14H,15-16H2,1-2H3,(H,29,32)(H,30,34)/b22-13+. The first kappa shape index (κ1) is 24.5. The number of imide groups is 1. The van der Waals surface area contributed by atoms with Crippen LogP contribution in [0.5, 0.6) is 11.5 Å². The molecular formula is C27H24FN3O5. The molecule has 0 aromatic heterocycles. The predicted molar refractivity (Wildman–Crippen MR) is 132 cm³/mol. The van der Waals surface area contributed by atoms with Gasteiger partial charge in [0.05, 0.1) is 13.7 Å². The number of aryl methyl sites for hydroxylation is 1. The number of hydrogen-bond donors (Lipinski definition) is 2. The van der Waals surface area contributed by atoms with Crippen LogP contribution in [0, 0.1) is 12.7 Å². The average molecular weight is 490 g/mol. The van der Waals surface area contributed by atoms with Crippen LogP contribution in [-0.4, -0.2) is 36.5 Å². The number of carbonyl (C=O) groups is 3. The molecule has 3 aromatic rings. The molecule has 1 fully saturated rings. The molecule has 0 aliphatic carbocycles. The second-order valence-electron chi connectivity index (χ2n) is 8.12. The first-order valence-electron chi connectivity index (χ1n) is 11.1. The summed E-state index contributed by atoms with van der Waals surface area (Å²) in [6.45, 7) is 1.82. The first-order chi connectivity index (χ1) is 17.3. The van der Waals surface area contributed by atoms with E-state index in [2.05, 4.69) is 10.6 Å².